The summed E-state index contributed by atoms with van der Waals surface area (Å²) in [7, 11) is 0. The third-order valence-electron chi connectivity index (χ3n) is 2.48. The highest BCUT2D eigenvalue weighted by Gasteiger charge is 2.25. The largest absolute Gasteiger partial charge is 0.459 e. The number of nitrogens with one attached hydrogen (secondary N) is 1. The van der Waals surface area contributed by atoms with Crippen molar-refractivity contribution in [3.05, 3.63) is 35.9 Å². The molecule has 0 unspecified atom stereocenters. The zero-order valence-corrected chi connectivity index (χ0v) is 11.7. The third kappa shape index (κ3) is 6.42. The lowest BCUT2D eigenvalue weighted by molar-refractivity contribution is -0.148. The van der Waals surface area contributed by atoms with Crippen LogP contribution in [-0.4, -0.2) is 30.6 Å². The van der Waals surface area contributed by atoms with Gasteiger partial charge in [0.2, 0.25) is 5.91 Å². The van der Waals surface area contributed by atoms with Crippen LogP contribution in [0.25, 0.3) is 0 Å². The summed E-state index contributed by atoms with van der Waals surface area (Å²) in [6.45, 7) is 1.81. The molecule has 0 heterocycles. The average molecular weight is 294 g/mol. The molecule has 1 aromatic rings. The SMILES string of the molecule is CCOC(=O)N[C@@H](CC(N)=O)C(=O)OCc1ccccc1. The fourth-order valence-corrected chi connectivity index (χ4v) is 1.54. The molecule has 3 N–H and O–H groups in total. The Kier molecular flexibility index (Phi) is 6.73. The molecule has 0 aliphatic rings. The first kappa shape index (κ1) is 16.5. The molecule has 7 nitrogen and oxygen atoms in total. The average Bonchev–Trinajstić information content (AvgIpc) is 2.45. The van der Waals surface area contributed by atoms with Crippen LogP contribution in [0.3, 0.4) is 0 Å². The number of carbonyl (C=O) groups excluding carboxylic acids is 3. The van der Waals surface area contributed by atoms with Crippen LogP contribution in [0.1, 0.15) is 18.9 Å². The van der Waals surface area contributed by atoms with E-state index in [1.165, 1.54) is 0 Å². The number of rotatable bonds is 7. The molecule has 0 aliphatic carbocycles. The highest BCUT2D eigenvalue weighted by molar-refractivity contribution is 5.87. The van der Waals surface area contributed by atoms with Gasteiger partial charge in [-0.1, -0.05) is 30.3 Å². The Hall–Kier alpha value is -2.57. The Labute approximate surface area is 122 Å². The molecule has 0 saturated heterocycles. The molecule has 1 atom stereocenters. The number of primary amides is 1. The Morgan fingerprint density at radius 2 is 1.86 bits per heavy atom. The maximum Gasteiger partial charge on any atom is 0.407 e. The molecule has 0 spiro atoms. The second-order valence-electron chi connectivity index (χ2n) is 4.18. The minimum absolute atomic E-state index is 0.0411. The van der Waals surface area contributed by atoms with Gasteiger partial charge in [-0.3, -0.25) is 4.79 Å². The summed E-state index contributed by atoms with van der Waals surface area (Å²) in [6, 6.07) is 7.86. The molecule has 7 heteroatoms. The van der Waals surface area contributed by atoms with Gasteiger partial charge in [-0.2, -0.15) is 0 Å². The van der Waals surface area contributed by atoms with E-state index in [1.807, 2.05) is 6.07 Å². The van der Waals surface area contributed by atoms with Gasteiger partial charge in [0.1, 0.15) is 12.6 Å². The van der Waals surface area contributed by atoms with Crippen molar-refractivity contribution in [2.75, 3.05) is 6.61 Å². The van der Waals surface area contributed by atoms with Crippen molar-refractivity contribution >= 4 is 18.0 Å². The number of carbonyl (C=O) groups is 3. The van der Waals surface area contributed by atoms with Gasteiger partial charge in [0.05, 0.1) is 13.0 Å². The second kappa shape index (κ2) is 8.57. The lowest BCUT2D eigenvalue weighted by atomic mass is 10.2. The maximum absolute atomic E-state index is 11.9. The molecule has 0 aliphatic heterocycles. The summed E-state index contributed by atoms with van der Waals surface area (Å²) in [5, 5.41) is 2.25. The highest BCUT2D eigenvalue weighted by Crippen LogP contribution is 2.04. The minimum atomic E-state index is -1.16. The zero-order chi connectivity index (χ0) is 15.7. The van der Waals surface area contributed by atoms with Crippen molar-refractivity contribution in [1.82, 2.24) is 5.32 Å². The maximum atomic E-state index is 11.9. The van der Waals surface area contributed by atoms with Crippen LogP contribution in [0.2, 0.25) is 0 Å². The molecule has 0 aromatic heterocycles. The van der Waals surface area contributed by atoms with Crippen molar-refractivity contribution in [2.24, 2.45) is 5.73 Å². The van der Waals surface area contributed by atoms with E-state index in [9.17, 15) is 14.4 Å². The summed E-state index contributed by atoms with van der Waals surface area (Å²) in [5.74, 6) is -1.47. The lowest BCUT2D eigenvalue weighted by Gasteiger charge is -2.16. The number of benzene rings is 1. The predicted molar refractivity (Wildman–Crippen MR) is 74.0 cm³/mol. The number of hydrogen-bond acceptors (Lipinski definition) is 5. The van der Waals surface area contributed by atoms with E-state index in [2.05, 4.69) is 10.1 Å². The lowest BCUT2D eigenvalue weighted by Crippen LogP contribution is -2.44. The summed E-state index contributed by atoms with van der Waals surface area (Å²) < 4.78 is 9.71. The van der Waals surface area contributed by atoms with Crippen LogP contribution < -0.4 is 11.1 Å². The molecule has 0 radical (unpaired) electrons. The van der Waals surface area contributed by atoms with E-state index in [0.29, 0.717) is 0 Å². The minimum Gasteiger partial charge on any atom is -0.459 e. The van der Waals surface area contributed by atoms with E-state index < -0.39 is 24.0 Å². The van der Waals surface area contributed by atoms with Crippen molar-refractivity contribution in [2.45, 2.75) is 26.0 Å². The predicted octanol–water partition coefficient (Wildman–Crippen LogP) is 0.720. The van der Waals surface area contributed by atoms with Gasteiger partial charge in [-0.15, -0.1) is 0 Å². The topological polar surface area (TPSA) is 108 Å². The summed E-state index contributed by atoms with van der Waals surface area (Å²) in [4.78, 5) is 34.2. The molecule has 1 rings (SSSR count). The van der Waals surface area contributed by atoms with Crippen LogP contribution in [0.4, 0.5) is 4.79 Å². The van der Waals surface area contributed by atoms with Gasteiger partial charge in [-0.25, -0.2) is 9.59 Å². The van der Waals surface area contributed by atoms with E-state index in [0.717, 1.165) is 5.56 Å². The van der Waals surface area contributed by atoms with Crippen LogP contribution in [0.15, 0.2) is 30.3 Å². The van der Waals surface area contributed by atoms with E-state index in [1.54, 1.807) is 31.2 Å². The molecule has 1 aromatic carbocycles. The van der Waals surface area contributed by atoms with Crippen molar-refractivity contribution < 1.29 is 23.9 Å². The number of nitrogens with two attached hydrogens (primary N) is 1. The number of ether oxygens (including phenoxy) is 2. The Morgan fingerprint density at radius 3 is 2.43 bits per heavy atom. The molecule has 0 fully saturated rings. The Morgan fingerprint density at radius 1 is 1.19 bits per heavy atom. The van der Waals surface area contributed by atoms with Crippen molar-refractivity contribution in [3.8, 4) is 0 Å². The van der Waals surface area contributed by atoms with E-state index in [-0.39, 0.29) is 19.6 Å². The highest BCUT2D eigenvalue weighted by atomic mass is 16.6. The Bertz CT molecular complexity index is 489. The Balaban J connectivity index is 2.58. The first-order valence-corrected chi connectivity index (χ1v) is 6.45. The fraction of sp³-hybridized carbons (Fsp3) is 0.357. The molecule has 21 heavy (non-hydrogen) atoms. The number of alkyl carbamates (subject to hydrolysis) is 1. The first-order valence-electron chi connectivity index (χ1n) is 6.45. The van der Waals surface area contributed by atoms with Crippen LogP contribution in [0, 0.1) is 0 Å². The van der Waals surface area contributed by atoms with Crippen LogP contribution in [-0.2, 0) is 25.7 Å². The first-order chi connectivity index (χ1) is 10.0. The summed E-state index contributed by atoms with van der Waals surface area (Å²) >= 11 is 0. The molecule has 2 amide bonds. The van der Waals surface area contributed by atoms with Crippen molar-refractivity contribution in [3.63, 3.8) is 0 Å². The molecular formula is C14H18N2O5. The zero-order valence-electron chi connectivity index (χ0n) is 11.7. The van der Waals surface area contributed by atoms with Crippen molar-refractivity contribution in [1.29, 1.82) is 0 Å². The van der Waals surface area contributed by atoms with Gasteiger partial charge in [0.15, 0.2) is 0 Å². The quantitative estimate of drug-likeness (QED) is 0.720. The summed E-state index contributed by atoms with van der Waals surface area (Å²) in [6.07, 6.45) is -1.16. The molecule has 0 saturated carbocycles. The molecule has 0 bridgehead atoms. The fourth-order valence-electron chi connectivity index (χ4n) is 1.54. The van der Waals surface area contributed by atoms with Crippen LogP contribution in [0.5, 0.6) is 0 Å². The third-order valence-corrected chi connectivity index (χ3v) is 2.48. The van der Waals surface area contributed by atoms with Crippen LogP contribution >= 0.6 is 0 Å². The van der Waals surface area contributed by atoms with Gasteiger partial charge in [0, 0.05) is 0 Å². The smallest absolute Gasteiger partial charge is 0.407 e. The summed E-state index contributed by atoms with van der Waals surface area (Å²) in [5.41, 5.74) is 5.84. The number of amides is 2. The van der Waals surface area contributed by atoms with Gasteiger partial charge in [0.25, 0.3) is 0 Å². The normalized spacial score (nSPS) is 11.3. The number of hydrogen-bond donors (Lipinski definition) is 2. The van der Waals surface area contributed by atoms with E-state index >= 15 is 0 Å². The monoisotopic (exact) mass is 294 g/mol. The van der Waals surface area contributed by atoms with Gasteiger partial charge >= 0.3 is 12.1 Å². The van der Waals surface area contributed by atoms with E-state index in [4.69, 9.17) is 10.5 Å². The molecule has 114 valence electrons. The van der Waals surface area contributed by atoms with Gasteiger partial charge in [-0.05, 0) is 12.5 Å². The second-order valence-corrected chi connectivity index (χ2v) is 4.18. The number of esters is 1. The molecular weight excluding hydrogens is 276 g/mol. The standard InChI is InChI=1S/C14H18N2O5/c1-2-20-14(19)16-11(8-12(15)17)13(18)21-9-10-6-4-3-5-7-10/h3-7,11H,2,8-9H2,1H3,(H2,15,17)(H,16,19)/t11-/m0/s1. The van der Waals surface area contributed by atoms with Gasteiger partial charge < -0.3 is 20.5 Å².